The fraction of sp³-hybridized carbons (Fsp3) is 0.429. The minimum Gasteiger partial charge on any atom is -0.493 e. The number of imidazole rings is 1. The van der Waals surface area contributed by atoms with Gasteiger partial charge in [-0.25, -0.2) is 4.98 Å². The molecule has 0 aliphatic carbocycles. The molecule has 2 aliphatic heterocycles. The summed E-state index contributed by atoms with van der Waals surface area (Å²) in [6.07, 6.45) is 6.54. The largest absolute Gasteiger partial charge is 0.493 e. The van der Waals surface area contributed by atoms with Crippen molar-refractivity contribution in [1.82, 2.24) is 14.9 Å². The molecule has 1 saturated heterocycles. The summed E-state index contributed by atoms with van der Waals surface area (Å²) in [6, 6.07) is 6.16. The van der Waals surface area contributed by atoms with Gasteiger partial charge in [0.05, 0.1) is 6.61 Å². The highest BCUT2D eigenvalue weighted by molar-refractivity contribution is 6.01. The number of nitrogens with one attached hydrogen (secondary N) is 2. The van der Waals surface area contributed by atoms with Gasteiger partial charge >= 0.3 is 0 Å². The molecule has 6 nitrogen and oxygen atoms in total. The minimum absolute atomic E-state index is 0.184. The second-order valence-electron chi connectivity index (χ2n) is 7.21. The van der Waals surface area contributed by atoms with E-state index in [1.54, 1.807) is 6.20 Å². The molecular formula is C21H26N4O2. The van der Waals surface area contributed by atoms with Gasteiger partial charge in [-0.1, -0.05) is 6.07 Å². The number of aromatic amines is 1. The molecule has 2 aromatic rings. The number of amidine groups is 1. The number of H-pyrrole nitrogens is 1. The van der Waals surface area contributed by atoms with Crippen LogP contribution in [0.5, 0.6) is 11.5 Å². The van der Waals surface area contributed by atoms with Crippen molar-refractivity contribution in [2.75, 3.05) is 19.7 Å². The van der Waals surface area contributed by atoms with Gasteiger partial charge in [0.2, 0.25) is 0 Å². The van der Waals surface area contributed by atoms with E-state index >= 15 is 0 Å². The Balaban J connectivity index is 1.35. The number of hydrogen-bond donors (Lipinski definition) is 2. The molecule has 2 aliphatic rings. The molecule has 0 unspecified atom stereocenters. The highest BCUT2D eigenvalue weighted by Gasteiger charge is 2.24. The fourth-order valence-corrected chi connectivity index (χ4v) is 3.67. The standard InChI is InChI=1S/C21H26N4O2/c1-14(15(2)21-23-8-9-24-21)20(22)25-10-5-17(6-11-25)27-18-4-3-16-7-12-26-19(16)13-18/h3-4,8-9,13,17,22H,5-7,10-12H2,1-2H3,(H,23,24)/b15-14-,22-20?. The molecule has 0 saturated carbocycles. The first-order chi connectivity index (χ1) is 13.1. The van der Waals surface area contributed by atoms with Gasteiger partial charge in [-0.2, -0.15) is 0 Å². The lowest BCUT2D eigenvalue weighted by molar-refractivity contribution is 0.130. The monoisotopic (exact) mass is 366 g/mol. The smallest absolute Gasteiger partial charge is 0.133 e. The molecule has 3 heterocycles. The van der Waals surface area contributed by atoms with Crippen molar-refractivity contribution in [3.05, 3.63) is 47.6 Å². The zero-order valence-electron chi connectivity index (χ0n) is 15.9. The van der Waals surface area contributed by atoms with E-state index in [2.05, 4.69) is 20.9 Å². The summed E-state index contributed by atoms with van der Waals surface area (Å²) >= 11 is 0. The third kappa shape index (κ3) is 3.70. The number of piperidine rings is 1. The van der Waals surface area contributed by atoms with Crippen LogP contribution in [0.25, 0.3) is 5.57 Å². The molecule has 142 valence electrons. The highest BCUT2D eigenvalue weighted by atomic mass is 16.5. The van der Waals surface area contributed by atoms with Crippen molar-refractivity contribution in [1.29, 1.82) is 5.41 Å². The van der Waals surface area contributed by atoms with Crippen LogP contribution in [0.15, 0.2) is 36.2 Å². The molecule has 0 atom stereocenters. The average Bonchev–Trinajstić information content (AvgIpc) is 3.38. The maximum Gasteiger partial charge on any atom is 0.133 e. The Morgan fingerprint density at radius 3 is 2.85 bits per heavy atom. The fourth-order valence-electron chi connectivity index (χ4n) is 3.67. The van der Waals surface area contributed by atoms with Gasteiger partial charge in [-0.05, 0) is 36.6 Å². The first kappa shape index (κ1) is 17.6. The third-order valence-electron chi connectivity index (χ3n) is 5.50. The number of fused-ring (bicyclic) bond motifs is 1. The molecule has 0 amide bonds. The van der Waals surface area contributed by atoms with Crippen molar-refractivity contribution in [2.45, 2.75) is 39.2 Å². The molecule has 0 spiro atoms. The molecule has 1 fully saturated rings. The summed E-state index contributed by atoms with van der Waals surface area (Å²) in [5, 5.41) is 8.56. The van der Waals surface area contributed by atoms with E-state index in [4.69, 9.17) is 14.9 Å². The van der Waals surface area contributed by atoms with Gasteiger partial charge in [0.25, 0.3) is 0 Å². The lowest BCUT2D eigenvalue weighted by Crippen LogP contribution is -2.42. The topological polar surface area (TPSA) is 74.2 Å². The van der Waals surface area contributed by atoms with E-state index in [1.807, 2.05) is 32.2 Å². The van der Waals surface area contributed by atoms with Gasteiger partial charge in [-0.3, -0.25) is 5.41 Å². The predicted molar refractivity (Wildman–Crippen MR) is 105 cm³/mol. The van der Waals surface area contributed by atoms with Crippen LogP contribution in [-0.4, -0.2) is 46.5 Å². The molecule has 4 rings (SSSR count). The van der Waals surface area contributed by atoms with Crippen LogP contribution in [0.2, 0.25) is 0 Å². The Morgan fingerprint density at radius 2 is 2.11 bits per heavy atom. The van der Waals surface area contributed by atoms with Crippen LogP contribution in [-0.2, 0) is 6.42 Å². The quantitative estimate of drug-likeness (QED) is 0.640. The summed E-state index contributed by atoms with van der Waals surface area (Å²) in [7, 11) is 0. The van der Waals surface area contributed by atoms with E-state index in [0.29, 0.717) is 5.84 Å². The lowest BCUT2D eigenvalue weighted by atomic mass is 10.0. The van der Waals surface area contributed by atoms with Crippen LogP contribution >= 0.6 is 0 Å². The Hall–Kier alpha value is -2.76. The molecule has 2 N–H and O–H groups in total. The van der Waals surface area contributed by atoms with E-state index in [9.17, 15) is 0 Å². The molecule has 0 radical (unpaired) electrons. The maximum absolute atomic E-state index is 8.56. The van der Waals surface area contributed by atoms with Crippen LogP contribution in [0.1, 0.15) is 38.1 Å². The van der Waals surface area contributed by atoms with Crippen LogP contribution in [0.4, 0.5) is 0 Å². The zero-order chi connectivity index (χ0) is 18.8. The summed E-state index contributed by atoms with van der Waals surface area (Å²) in [4.78, 5) is 9.54. The van der Waals surface area contributed by atoms with Crippen LogP contribution in [0.3, 0.4) is 0 Å². The summed E-state index contributed by atoms with van der Waals surface area (Å²) in [6.45, 7) is 6.42. The van der Waals surface area contributed by atoms with E-state index < -0.39 is 0 Å². The Morgan fingerprint density at radius 1 is 1.30 bits per heavy atom. The molecule has 6 heteroatoms. The van der Waals surface area contributed by atoms with Gasteiger partial charge in [0, 0.05) is 50.8 Å². The number of aromatic nitrogens is 2. The Labute approximate surface area is 159 Å². The van der Waals surface area contributed by atoms with Gasteiger partial charge in [0.15, 0.2) is 0 Å². The minimum atomic E-state index is 0.184. The van der Waals surface area contributed by atoms with Gasteiger partial charge in [-0.15, -0.1) is 0 Å². The zero-order valence-corrected chi connectivity index (χ0v) is 15.9. The van der Waals surface area contributed by atoms with Crippen molar-refractivity contribution in [3.8, 4) is 11.5 Å². The molecule has 27 heavy (non-hydrogen) atoms. The van der Waals surface area contributed by atoms with Crippen molar-refractivity contribution in [3.63, 3.8) is 0 Å². The molecule has 0 bridgehead atoms. The Kier molecular flexibility index (Phi) is 4.88. The number of hydrogen-bond acceptors (Lipinski definition) is 4. The molecular weight excluding hydrogens is 340 g/mol. The summed E-state index contributed by atoms with van der Waals surface area (Å²) in [5.74, 6) is 3.25. The van der Waals surface area contributed by atoms with E-state index in [-0.39, 0.29) is 6.10 Å². The highest BCUT2D eigenvalue weighted by Crippen LogP contribution is 2.31. The number of allylic oxidation sites excluding steroid dienone is 1. The predicted octanol–water partition coefficient (Wildman–Crippen LogP) is 3.66. The van der Waals surface area contributed by atoms with Crippen LogP contribution in [0, 0.1) is 5.41 Å². The van der Waals surface area contributed by atoms with Gasteiger partial charge in [0.1, 0.15) is 29.3 Å². The second kappa shape index (κ2) is 7.47. The Bertz CT molecular complexity index is 849. The maximum atomic E-state index is 8.56. The number of likely N-dealkylation sites (tertiary alicyclic amines) is 1. The average molecular weight is 366 g/mol. The summed E-state index contributed by atoms with van der Waals surface area (Å²) in [5.41, 5.74) is 3.24. The van der Waals surface area contributed by atoms with Crippen molar-refractivity contribution >= 4 is 11.4 Å². The van der Waals surface area contributed by atoms with E-state index in [1.165, 1.54) is 5.56 Å². The van der Waals surface area contributed by atoms with E-state index in [0.717, 1.165) is 67.4 Å². The second-order valence-corrected chi connectivity index (χ2v) is 7.21. The van der Waals surface area contributed by atoms with Gasteiger partial charge < -0.3 is 19.4 Å². The van der Waals surface area contributed by atoms with Crippen LogP contribution < -0.4 is 9.47 Å². The normalized spacial score (nSPS) is 17.9. The molecule has 1 aromatic carbocycles. The lowest BCUT2D eigenvalue weighted by Gasteiger charge is -2.34. The SMILES string of the molecule is C/C(C(=N)N1CCC(Oc2ccc3c(c2)OCC3)CC1)=C(\C)c1ncc[nH]1. The number of ether oxygens (including phenoxy) is 2. The number of benzene rings is 1. The molecule has 1 aromatic heterocycles. The summed E-state index contributed by atoms with van der Waals surface area (Å²) < 4.78 is 11.8. The number of nitrogens with zero attached hydrogens (tertiary/aromatic N) is 2. The van der Waals surface area contributed by atoms with Crippen molar-refractivity contribution in [2.24, 2.45) is 0 Å². The van der Waals surface area contributed by atoms with Crippen molar-refractivity contribution < 1.29 is 9.47 Å². The number of rotatable bonds is 4. The first-order valence-electron chi connectivity index (χ1n) is 9.55. The first-order valence-corrected chi connectivity index (χ1v) is 9.55. The third-order valence-corrected chi connectivity index (χ3v) is 5.50.